The molecular formula is C13H22N4O2S. The topological polar surface area (TPSA) is 86.1 Å². The van der Waals surface area contributed by atoms with Gasteiger partial charge in [0.05, 0.1) is 6.54 Å². The molecule has 0 spiro atoms. The number of rotatable bonds is 8. The highest BCUT2D eigenvalue weighted by Gasteiger charge is 2.16. The maximum atomic E-state index is 10.8. The standard InChI is InChI=1S/C13H22N4O2S/c1-4-5-6-11-15-17(8-10(14)12(18)19)13(20)16(11)7-9(2)3/h10H,2,4-8,14H2,1,3H3,(H,18,19)/t10-/m0/s1. The highest BCUT2D eigenvalue weighted by molar-refractivity contribution is 7.71. The number of allylic oxidation sites excluding steroid dienone is 1. The Kier molecular flexibility index (Phi) is 6.09. The van der Waals surface area contributed by atoms with Crippen molar-refractivity contribution in [2.45, 2.75) is 52.2 Å². The zero-order chi connectivity index (χ0) is 15.3. The lowest BCUT2D eigenvalue weighted by Gasteiger charge is -2.06. The van der Waals surface area contributed by atoms with Crippen LogP contribution in [0.25, 0.3) is 0 Å². The number of unbranched alkanes of at least 4 members (excludes halogenated alkanes) is 1. The fraction of sp³-hybridized carbons (Fsp3) is 0.615. The molecule has 0 unspecified atom stereocenters. The molecule has 1 heterocycles. The van der Waals surface area contributed by atoms with Gasteiger partial charge in [-0.05, 0) is 25.6 Å². The van der Waals surface area contributed by atoms with E-state index in [0.717, 1.165) is 30.7 Å². The number of carbonyl (C=O) groups is 1. The van der Waals surface area contributed by atoms with Crippen molar-refractivity contribution in [3.63, 3.8) is 0 Å². The van der Waals surface area contributed by atoms with E-state index in [0.29, 0.717) is 11.3 Å². The van der Waals surface area contributed by atoms with Crippen LogP contribution in [0.5, 0.6) is 0 Å². The summed E-state index contributed by atoms with van der Waals surface area (Å²) in [6.45, 7) is 8.59. The number of hydrogen-bond acceptors (Lipinski definition) is 4. The van der Waals surface area contributed by atoms with E-state index >= 15 is 0 Å². The third-order valence-corrected chi connectivity index (χ3v) is 3.30. The van der Waals surface area contributed by atoms with Crippen molar-refractivity contribution in [3.05, 3.63) is 22.7 Å². The first-order valence-electron chi connectivity index (χ1n) is 6.66. The first-order chi connectivity index (χ1) is 9.36. The maximum absolute atomic E-state index is 10.8. The van der Waals surface area contributed by atoms with Crippen molar-refractivity contribution >= 4 is 18.2 Å². The van der Waals surface area contributed by atoms with Gasteiger partial charge >= 0.3 is 5.97 Å². The van der Waals surface area contributed by atoms with Crippen LogP contribution >= 0.6 is 12.2 Å². The van der Waals surface area contributed by atoms with Crippen LogP contribution < -0.4 is 5.73 Å². The number of nitrogens with two attached hydrogens (primary N) is 1. The van der Waals surface area contributed by atoms with E-state index in [1.807, 2.05) is 11.5 Å². The first kappa shape index (κ1) is 16.6. The molecule has 0 aromatic carbocycles. The van der Waals surface area contributed by atoms with Crippen LogP contribution in [-0.2, 0) is 24.3 Å². The molecule has 0 bridgehead atoms. The molecule has 0 aliphatic heterocycles. The molecule has 6 nitrogen and oxygen atoms in total. The number of carboxylic acids is 1. The highest BCUT2D eigenvalue weighted by Crippen LogP contribution is 2.09. The van der Waals surface area contributed by atoms with Gasteiger partial charge in [-0.25, -0.2) is 4.68 Å². The summed E-state index contributed by atoms with van der Waals surface area (Å²) < 4.78 is 3.90. The molecule has 1 aromatic rings. The van der Waals surface area contributed by atoms with Gasteiger partial charge in [0.25, 0.3) is 0 Å². The fourth-order valence-corrected chi connectivity index (χ4v) is 2.10. The van der Waals surface area contributed by atoms with Crippen molar-refractivity contribution in [1.29, 1.82) is 0 Å². The number of aryl methyl sites for hydroxylation is 1. The van der Waals surface area contributed by atoms with Gasteiger partial charge in [0.1, 0.15) is 11.9 Å². The average Bonchev–Trinajstić information content (AvgIpc) is 2.64. The molecule has 7 heteroatoms. The Labute approximate surface area is 123 Å². The molecule has 20 heavy (non-hydrogen) atoms. The second kappa shape index (κ2) is 7.35. The van der Waals surface area contributed by atoms with Crippen LogP contribution in [0.15, 0.2) is 12.2 Å². The van der Waals surface area contributed by atoms with Gasteiger partial charge in [-0.2, -0.15) is 5.10 Å². The van der Waals surface area contributed by atoms with E-state index < -0.39 is 12.0 Å². The van der Waals surface area contributed by atoms with Gasteiger partial charge < -0.3 is 10.8 Å². The molecule has 0 saturated heterocycles. The maximum Gasteiger partial charge on any atom is 0.322 e. The van der Waals surface area contributed by atoms with Gasteiger partial charge in [0.2, 0.25) is 0 Å². The number of nitrogens with zero attached hydrogens (tertiary/aromatic N) is 3. The SMILES string of the molecule is C=C(C)Cn1c(CCCC)nn(C[C@H](N)C(=O)O)c1=S. The van der Waals surface area contributed by atoms with Crippen LogP contribution in [0.1, 0.15) is 32.5 Å². The molecular weight excluding hydrogens is 276 g/mol. The predicted molar refractivity (Wildman–Crippen MR) is 80.1 cm³/mol. The minimum atomic E-state index is -1.06. The van der Waals surface area contributed by atoms with Crippen molar-refractivity contribution < 1.29 is 9.90 Å². The second-order valence-corrected chi connectivity index (χ2v) is 5.34. The largest absolute Gasteiger partial charge is 0.480 e. The molecule has 1 rings (SSSR count). The van der Waals surface area contributed by atoms with Gasteiger partial charge in [-0.15, -0.1) is 0 Å². The molecule has 1 aromatic heterocycles. The van der Waals surface area contributed by atoms with E-state index in [2.05, 4.69) is 18.6 Å². The Morgan fingerprint density at radius 3 is 2.75 bits per heavy atom. The van der Waals surface area contributed by atoms with Crippen molar-refractivity contribution in [1.82, 2.24) is 14.3 Å². The van der Waals surface area contributed by atoms with Gasteiger partial charge in [0.15, 0.2) is 4.77 Å². The average molecular weight is 298 g/mol. The third-order valence-electron chi connectivity index (χ3n) is 2.87. The predicted octanol–water partition coefficient (Wildman–Crippen LogP) is 1.74. The lowest BCUT2D eigenvalue weighted by Crippen LogP contribution is -2.35. The Balaban J connectivity index is 3.07. The Morgan fingerprint density at radius 2 is 2.25 bits per heavy atom. The Bertz CT molecular complexity index is 547. The lowest BCUT2D eigenvalue weighted by molar-refractivity contribution is -0.138. The summed E-state index contributed by atoms with van der Waals surface area (Å²) in [4.78, 5) is 10.8. The molecule has 3 N–H and O–H groups in total. The van der Waals surface area contributed by atoms with Crippen LogP contribution in [-0.4, -0.2) is 31.5 Å². The van der Waals surface area contributed by atoms with Crippen LogP contribution in [0.2, 0.25) is 0 Å². The second-order valence-electron chi connectivity index (χ2n) is 4.97. The van der Waals surface area contributed by atoms with E-state index in [9.17, 15) is 4.79 Å². The lowest BCUT2D eigenvalue weighted by atomic mass is 10.2. The third kappa shape index (κ3) is 4.28. The molecule has 0 radical (unpaired) electrons. The van der Waals surface area contributed by atoms with Crippen LogP contribution in [0.4, 0.5) is 0 Å². The zero-order valence-electron chi connectivity index (χ0n) is 12.0. The molecule has 1 atom stereocenters. The highest BCUT2D eigenvalue weighted by atomic mass is 32.1. The smallest absolute Gasteiger partial charge is 0.322 e. The van der Waals surface area contributed by atoms with E-state index in [1.54, 1.807) is 0 Å². The Hall–Kier alpha value is -1.47. The summed E-state index contributed by atoms with van der Waals surface area (Å²) in [5.41, 5.74) is 6.52. The molecule has 0 amide bonds. The molecule has 0 fully saturated rings. The zero-order valence-corrected chi connectivity index (χ0v) is 12.8. The first-order valence-corrected chi connectivity index (χ1v) is 7.07. The van der Waals surface area contributed by atoms with Gasteiger partial charge in [-0.1, -0.05) is 25.5 Å². The summed E-state index contributed by atoms with van der Waals surface area (Å²) >= 11 is 5.36. The van der Waals surface area contributed by atoms with Crippen molar-refractivity contribution in [2.75, 3.05) is 0 Å². The van der Waals surface area contributed by atoms with Crippen molar-refractivity contribution in [2.24, 2.45) is 5.73 Å². The summed E-state index contributed by atoms with van der Waals surface area (Å²) in [7, 11) is 0. The molecule has 0 saturated carbocycles. The monoisotopic (exact) mass is 298 g/mol. The molecule has 112 valence electrons. The normalized spacial score (nSPS) is 12.3. The number of aromatic nitrogens is 3. The van der Waals surface area contributed by atoms with Crippen LogP contribution in [0.3, 0.4) is 0 Å². The number of hydrogen-bond donors (Lipinski definition) is 2. The molecule has 0 aliphatic rings. The van der Waals surface area contributed by atoms with Gasteiger partial charge in [0, 0.05) is 13.0 Å². The number of aliphatic carboxylic acids is 1. The molecule has 0 aliphatic carbocycles. The van der Waals surface area contributed by atoms with E-state index in [1.165, 1.54) is 4.68 Å². The minimum Gasteiger partial charge on any atom is -0.480 e. The summed E-state index contributed by atoms with van der Waals surface area (Å²) in [5.74, 6) is -0.200. The van der Waals surface area contributed by atoms with E-state index in [-0.39, 0.29) is 6.54 Å². The van der Waals surface area contributed by atoms with Crippen LogP contribution in [0, 0.1) is 4.77 Å². The Morgan fingerprint density at radius 1 is 1.60 bits per heavy atom. The van der Waals surface area contributed by atoms with E-state index in [4.69, 9.17) is 23.1 Å². The quantitative estimate of drug-likeness (QED) is 0.564. The van der Waals surface area contributed by atoms with Gasteiger partial charge in [-0.3, -0.25) is 9.36 Å². The number of carboxylic acid groups (broad SMARTS) is 1. The van der Waals surface area contributed by atoms with Crippen molar-refractivity contribution in [3.8, 4) is 0 Å². The fourth-order valence-electron chi connectivity index (χ4n) is 1.82. The summed E-state index contributed by atoms with van der Waals surface area (Å²) in [5, 5.41) is 13.3. The summed E-state index contributed by atoms with van der Waals surface area (Å²) in [6, 6.07) is -1.01. The summed E-state index contributed by atoms with van der Waals surface area (Å²) in [6.07, 6.45) is 2.87. The minimum absolute atomic E-state index is 0.0798.